The molecule has 1 aromatic rings. The highest BCUT2D eigenvalue weighted by Crippen LogP contribution is 2.11. The topological polar surface area (TPSA) is 179 Å². The Morgan fingerprint density at radius 1 is 1.00 bits per heavy atom. The fraction of sp³-hybridized carbons (Fsp3) is 0.333. The molecule has 0 fully saturated rings. The van der Waals surface area contributed by atoms with E-state index >= 15 is 0 Å². The van der Waals surface area contributed by atoms with Gasteiger partial charge in [-0.2, -0.15) is 0 Å². The van der Waals surface area contributed by atoms with Crippen LogP contribution < -0.4 is 16.4 Å². The zero-order chi connectivity index (χ0) is 19.0. The molecule has 7 N–H and O–H groups in total. The van der Waals surface area contributed by atoms with Crippen LogP contribution in [0.1, 0.15) is 12.0 Å². The quantitative estimate of drug-likeness (QED) is 0.308. The summed E-state index contributed by atoms with van der Waals surface area (Å²) in [5, 5.41) is 30.8. The minimum atomic E-state index is -1.45. The number of hydrogen-bond donors (Lipinski definition) is 6. The lowest BCUT2D eigenvalue weighted by atomic mass is 10.0. The van der Waals surface area contributed by atoms with E-state index in [2.05, 4.69) is 5.32 Å². The molecule has 0 saturated carbocycles. The molecule has 1 rings (SSSR count). The number of amides is 2. The molecule has 136 valence electrons. The molecule has 0 heterocycles. The number of rotatable bonds is 9. The number of aromatic hydroxyl groups is 1. The van der Waals surface area contributed by atoms with E-state index in [4.69, 9.17) is 15.9 Å². The smallest absolute Gasteiger partial charge is 0.322 e. The second kappa shape index (κ2) is 9.23. The van der Waals surface area contributed by atoms with Crippen molar-refractivity contribution in [2.24, 2.45) is 5.73 Å². The molecular formula is C15H19N3O7. The van der Waals surface area contributed by atoms with Gasteiger partial charge in [0.2, 0.25) is 11.8 Å². The molecule has 10 heteroatoms. The Hall–Kier alpha value is -3.14. The number of carbonyl (C=O) groups is 4. The van der Waals surface area contributed by atoms with Crippen LogP contribution in [0, 0.1) is 0 Å². The number of phenolic OH excluding ortho intramolecular Hbond substituents is 1. The molecule has 0 aromatic heterocycles. The summed E-state index contributed by atoms with van der Waals surface area (Å²) >= 11 is 0. The standard InChI is InChI=1S/C15H19N3O7/c16-10(5-8-1-3-9(19)4-2-8)14(24)18-11(6-12(20)21)15(25)17-7-13(22)23/h1-4,10-11,19H,5-7,16H2,(H,17,25)(H,18,24)(H,20,21)(H,22,23)/t10-,11-/m0/s1. The lowest BCUT2D eigenvalue weighted by molar-refractivity contribution is -0.141. The SMILES string of the molecule is N[C@@H](Cc1ccc(O)cc1)C(=O)N[C@@H](CC(=O)O)C(=O)NCC(=O)O. The normalized spacial score (nSPS) is 12.7. The third-order valence-electron chi connectivity index (χ3n) is 3.15. The van der Waals surface area contributed by atoms with Crippen molar-refractivity contribution in [2.75, 3.05) is 6.54 Å². The minimum absolute atomic E-state index is 0.0541. The van der Waals surface area contributed by atoms with Gasteiger partial charge in [-0.15, -0.1) is 0 Å². The highest BCUT2D eigenvalue weighted by atomic mass is 16.4. The molecular weight excluding hydrogens is 334 g/mol. The second-order valence-corrected chi connectivity index (χ2v) is 5.25. The Labute approximate surface area is 142 Å². The molecule has 0 saturated heterocycles. The molecule has 0 radical (unpaired) electrons. The lowest BCUT2D eigenvalue weighted by Crippen LogP contribution is -2.53. The number of hydrogen-bond acceptors (Lipinski definition) is 6. The number of nitrogens with one attached hydrogen (secondary N) is 2. The molecule has 0 bridgehead atoms. The first-order valence-corrected chi connectivity index (χ1v) is 7.24. The molecule has 0 aliphatic carbocycles. The monoisotopic (exact) mass is 353 g/mol. The van der Waals surface area contributed by atoms with Gasteiger partial charge in [0.15, 0.2) is 0 Å². The predicted octanol–water partition coefficient (Wildman–Crippen LogP) is -1.58. The average Bonchev–Trinajstić information content (AvgIpc) is 2.53. The Bertz CT molecular complexity index is 645. The van der Waals surface area contributed by atoms with E-state index in [9.17, 15) is 24.3 Å². The summed E-state index contributed by atoms with van der Waals surface area (Å²) in [5.41, 5.74) is 6.40. The third kappa shape index (κ3) is 7.31. The summed E-state index contributed by atoms with van der Waals surface area (Å²) in [5.74, 6) is -4.29. The molecule has 25 heavy (non-hydrogen) atoms. The molecule has 0 unspecified atom stereocenters. The maximum absolute atomic E-state index is 12.1. The maximum atomic E-state index is 12.1. The minimum Gasteiger partial charge on any atom is -0.508 e. The first-order valence-electron chi connectivity index (χ1n) is 7.24. The first-order chi connectivity index (χ1) is 11.7. The Morgan fingerprint density at radius 2 is 1.60 bits per heavy atom. The van der Waals surface area contributed by atoms with Crippen molar-refractivity contribution < 1.29 is 34.5 Å². The van der Waals surface area contributed by atoms with Crippen molar-refractivity contribution >= 4 is 23.8 Å². The Balaban J connectivity index is 2.68. The van der Waals surface area contributed by atoms with Gasteiger partial charge in [-0.05, 0) is 24.1 Å². The summed E-state index contributed by atoms with van der Waals surface area (Å²) < 4.78 is 0. The molecule has 2 atom stereocenters. The lowest BCUT2D eigenvalue weighted by Gasteiger charge is -2.19. The number of carboxylic acids is 2. The molecule has 10 nitrogen and oxygen atoms in total. The summed E-state index contributed by atoms with van der Waals surface area (Å²) in [6.07, 6.45) is -0.619. The molecule has 0 aliphatic heterocycles. The highest BCUT2D eigenvalue weighted by Gasteiger charge is 2.26. The van der Waals surface area contributed by atoms with Crippen LogP contribution >= 0.6 is 0 Å². The number of nitrogens with two attached hydrogens (primary N) is 1. The average molecular weight is 353 g/mol. The van der Waals surface area contributed by atoms with E-state index in [0.29, 0.717) is 5.56 Å². The summed E-state index contributed by atoms with van der Waals surface area (Å²) in [6, 6.07) is 3.47. The Morgan fingerprint density at radius 3 is 2.12 bits per heavy atom. The maximum Gasteiger partial charge on any atom is 0.322 e. The number of carbonyl (C=O) groups excluding carboxylic acids is 2. The molecule has 2 amide bonds. The highest BCUT2D eigenvalue weighted by molar-refractivity contribution is 5.93. The van der Waals surface area contributed by atoms with E-state index < -0.39 is 48.8 Å². The number of phenols is 1. The zero-order valence-electron chi connectivity index (χ0n) is 13.1. The third-order valence-corrected chi connectivity index (χ3v) is 3.15. The Kier molecular flexibility index (Phi) is 7.35. The van der Waals surface area contributed by atoms with Crippen molar-refractivity contribution in [3.8, 4) is 5.75 Å². The van der Waals surface area contributed by atoms with Crippen molar-refractivity contribution in [2.45, 2.75) is 24.9 Å². The van der Waals surface area contributed by atoms with Gasteiger partial charge < -0.3 is 31.7 Å². The number of benzene rings is 1. The van der Waals surface area contributed by atoms with E-state index in [1.807, 2.05) is 5.32 Å². The second-order valence-electron chi connectivity index (χ2n) is 5.25. The number of aliphatic carboxylic acids is 2. The van der Waals surface area contributed by atoms with Crippen LogP contribution in [0.2, 0.25) is 0 Å². The van der Waals surface area contributed by atoms with E-state index in [0.717, 1.165) is 0 Å². The van der Waals surface area contributed by atoms with Gasteiger partial charge in [-0.3, -0.25) is 19.2 Å². The van der Waals surface area contributed by atoms with Gasteiger partial charge in [0.1, 0.15) is 18.3 Å². The van der Waals surface area contributed by atoms with E-state index in [-0.39, 0.29) is 12.2 Å². The number of carboxylic acid groups (broad SMARTS) is 2. The predicted molar refractivity (Wildman–Crippen MR) is 84.6 cm³/mol. The van der Waals surface area contributed by atoms with Gasteiger partial charge in [0.05, 0.1) is 12.5 Å². The van der Waals surface area contributed by atoms with Crippen LogP contribution in [-0.2, 0) is 25.6 Å². The van der Waals surface area contributed by atoms with E-state index in [1.54, 1.807) is 12.1 Å². The van der Waals surface area contributed by atoms with Crippen LogP contribution in [0.4, 0.5) is 0 Å². The first kappa shape index (κ1) is 19.9. The van der Waals surface area contributed by atoms with Crippen LogP contribution in [0.15, 0.2) is 24.3 Å². The van der Waals surface area contributed by atoms with Crippen LogP contribution in [0.5, 0.6) is 5.75 Å². The summed E-state index contributed by atoms with van der Waals surface area (Å²) in [6.45, 7) is -0.704. The fourth-order valence-electron chi connectivity index (χ4n) is 1.93. The van der Waals surface area contributed by atoms with Crippen molar-refractivity contribution in [3.63, 3.8) is 0 Å². The van der Waals surface area contributed by atoms with Gasteiger partial charge in [-0.1, -0.05) is 12.1 Å². The molecule has 0 spiro atoms. The van der Waals surface area contributed by atoms with Crippen molar-refractivity contribution in [1.82, 2.24) is 10.6 Å². The van der Waals surface area contributed by atoms with Crippen LogP contribution in [0.25, 0.3) is 0 Å². The summed E-state index contributed by atoms with van der Waals surface area (Å²) in [7, 11) is 0. The van der Waals surface area contributed by atoms with Crippen LogP contribution in [-0.4, -0.2) is 57.7 Å². The zero-order valence-corrected chi connectivity index (χ0v) is 13.1. The van der Waals surface area contributed by atoms with Gasteiger partial charge in [0, 0.05) is 0 Å². The molecule has 0 aliphatic rings. The summed E-state index contributed by atoms with van der Waals surface area (Å²) in [4.78, 5) is 45.2. The largest absolute Gasteiger partial charge is 0.508 e. The van der Waals surface area contributed by atoms with Gasteiger partial charge >= 0.3 is 11.9 Å². The molecule has 1 aromatic carbocycles. The van der Waals surface area contributed by atoms with Gasteiger partial charge in [-0.25, -0.2) is 0 Å². The van der Waals surface area contributed by atoms with Crippen molar-refractivity contribution in [3.05, 3.63) is 29.8 Å². The van der Waals surface area contributed by atoms with Gasteiger partial charge in [0.25, 0.3) is 0 Å². The van der Waals surface area contributed by atoms with Crippen LogP contribution in [0.3, 0.4) is 0 Å². The van der Waals surface area contributed by atoms with Crippen molar-refractivity contribution in [1.29, 1.82) is 0 Å². The fourth-order valence-corrected chi connectivity index (χ4v) is 1.93. The van der Waals surface area contributed by atoms with E-state index in [1.165, 1.54) is 12.1 Å².